The number of benzene rings is 3. The van der Waals surface area contributed by atoms with Crippen LogP contribution in [0, 0.1) is 6.92 Å². The predicted molar refractivity (Wildman–Crippen MR) is 143 cm³/mol. The van der Waals surface area contributed by atoms with E-state index in [0.29, 0.717) is 29.4 Å². The molecule has 3 aromatic rings. The Morgan fingerprint density at radius 3 is 2.14 bits per heavy atom. The highest BCUT2D eigenvalue weighted by Crippen LogP contribution is 2.40. The summed E-state index contributed by atoms with van der Waals surface area (Å²) in [6.07, 6.45) is 0.542. The molecule has 0 aliphatic carbocycles. The summed E-state index contributed by atoms with van der Waals surface area (Å²) < 4.78 is 16.1. The normalized spacial score (nSPS) is 12.6. The van der Waals surface area contributed by atoms with Crippen molar-refractivity contribution < 1.29 is 19.0 Å². The number of nitrogens with zero attached hydrogens (tertiary/aromatic N) is 2. The zero-order chi connectivity index (χ0) is 24.8. The molecule has 0 fully saturated rings. The lowest BCUT2D eigenvalue weighted by molar-refractivity contribution is -0.113. The largest absolute Gasteiger partial charge is 0.493 e. The van der Waals surface area contributed by atoms with Gasteiger partial charge in [-0.05, 0) is 24.6 Å². The lowest BCUT2D eigenvalue weighted by Gasteiger charge is -2.14. The van der Waals surface area contributed by atoms with E-state index in [-0.39, 0.29) is 11.7 Å². The van der Waals surface area contributed by atoms with Crippen LogP contribution in [0.4, 0.5) is 17.1 Å². The van der Waals surface area contributed by atoms with Crippen molar-refractivity contribution in [3.8, 4) is 17.2 Å². The number of methoxy groups -OCH3 is 3. The molecule has 0 saturated carbocycles. The maximum Gasteiger partial charge on any atom is 0.234 e. The fraction of sp³-hybridized carbons (Fsp3) is 0.222. The molecule has 1 aliphatic rings. The quantitative estimate of drug-likeness (QED) is 0.444. The molecule has 1 aliphatic heterocycles. The number of carbonyl (C=O) groups is 1. The van der Waals surface area contributed by atoms with E-state index in [1.165, 1.54) is 38.7 Å². The second-order valence-corrected chi connectivity index (χ2v) is 8.90. The third kappa shape index (κ3) is 5.84. The Balaban J connectivity index is 1.51. The number of thioether (sulfide) groups is 1. The molecule has 1 amide bonds. The minimum Gasteiger partial charge on any atom is -0.493 e. The number of rotatable bonds is 7. The molecule has 8 heteroatoms. The van der Waals surface area contributed by atoms with Gasteiger partial charge in [0.25, 0.3) is 0 Å². The number of aliphatic imine (C=N–C) groups is 2. The maximum atomic E-state index is 12.8. The van der Waals surface area contributed by atoms with E-state index in [4.69, 9.17) is 24.2 Å². The number of carbonyl (C=O) groups excluding carboxylic acids is 1. The fourth-order valence-electron chi connectivity index (χ4n) is 3.65. The molecule has 0 unspecified atom stereocenters. The first-order valence-corrected chi connectivity index (χ1v) is 12.0. The Morgan fingerprint density at radius 2 is 1.54 bits per heavy atom. The van der Waals surface area contributed by atoms with Crippen LogP contribution >= 0.6 is 11.8 Å². The van der Waals surface area contributed by atoms with Crippen LogP contribution in [0.1, 0.15) is 17.5 Å². The molecule has 0 saturated heterocycles. The Labute approximate surface area is 209 Å². The summed E-state index contributed by atoms with van der Waals surface area (Å²) >= 11 is 1.40. The molecule has 0 bridgehead atoms. The topological polar surface area (TPSA) is 81.5 Å². The van der Waals surface area contributed by atoms with E-state index in [0.717, 1.165) is 27.7 Å². The lowest BCUT2D eigenvalue weighted by Crippen LogP contribution is -2.16. The first-order valence-electron chi connectivity index (χ1n) is 11.0. The monoisotopic (exact) mass is 489 g/mol. The van der Waals surface area contributed by atoms with Crippen molar-refractivity contribution in [3.05, 3.63) is 71.8 Å². The van der Waals surface area contributed by atoms with E-state index in [1.807, 2.05) is 24.3 Å². The molecule has 1 heterocycles. The fourth-order valence-corrected chi connectivity index (χ4v) is 4.42. The zero-order valence-electron chi connectivity index (χ0n) is 20.1. The van der Waals surface area contributed by atoms with Gasteiger partial charge in [-0.25, -0.2) is 4.99 Å². The summed E-state index contributed by atoms with van der Waals surface area (Å²) in [4.78, 5) is 22.5. The first-order chi connectivity index (χ1) is 17.0. The number of nitrogens with one attached hydrogen (secondary N) is 1. The van der Waals surface area contributed by atoms with Crippen molar-refractivity contribution in [3.63, 3.8) is 0 Å². The maximum absolute atomic E-state index is 12.8. The Bertz CT molecular complexity index is 1260. The number of hydrogen-bond acceptors (Lipinski definition) is 7. The standard InChI is InChI=1S/C27H27N3O4S/c1-17-9-11-18(12-10-17)22-15-26(30-21-8-6-5-7-20(21)29-22)35-16-25(31)28-19-13-23(32-2)27(34-4)24(14-19)33-3/h5-14H,15-16H2,1-4H3,(H,28,31). The van der Waals surface area contributed by atoms with E-state index in [2.05, 4.69) is 36.5 Å². The summed E-state index contributed by atoms with van der Waals surface area (Å²) in [6, 6.07) is 19.5. The first kappa shape index (κ1) is 24.3. The Morgan fingerprint density at radius 1 is 0.914 bits per heavy atom. The van der Waals surface area contributed by atoms with Crippen LogP contribution in [-0.2, 0) is 4.79 Å². The van der Waals surface area contributed by atoms with E-state index in [1.54, 1.807) is 12.1 Å². The molecule has 35 heavy (non-hydrogen) atoms. The van der Waals surface area contributed by atoms with Crippen LogP contribution in [0.5, 0.6) is 17.2 Å². The van der Waals surface area contributed by atoms with Crippen molar-refractivity contribution >= 4 is 45.5 Å². The molecule has 180 valence electrons. The summed E-state index contributed by atoms with van der Waals surface area (Å²) in [5.41, 5.74) is 5.33. The molecule has 0 spiro atoms. The number of para-hydroxylation sites is 2. The molecule has 0 aromatic heterocycles. The van der Waals surface area contributed by atoms with Crippen molar-refractivity contribution in [1.82, 2.24) is 0 Å². The van der Waals surface area contributed by atoms with Gasteiger partial charge in [-0.15, -0.1) is 11.8 Å². The highest BCUT2D eigenvalue weighted by molar-refractivity contribution is 8.14. The molecule has 3 aromatic carbocycles. The molecule has 7 nitrogen and oxygen atoms in total. The van der Waals surface area contributed by atoms with Crippen LogP contribution in [0.15, 0.2) is 70.6 Å². The smallest absolute Gasteiger partial charge is 0.234 e. The number of ether oxygens (including phenoxy) is 3. The van der Waals surface area contributed by atoms with Gasteiger partial charge in [0.05, 0.1) is 49.2 Å². The summed E-state index contributed by atoms with van der Waals surface area (Å²) in [5.74, 6) is 1.44. The third-order valence-electron chi connectivity index (χ3n) is 5.40. The van der Waals surface area contributed by atoms with Gasteiger partial charge < -0.3 is 19.5 Å². The molecule has 0 atom stereocenters. The van der Waals surface area contributed by atoms with Crippen LogP contribution in [0.2, 0.25) is 0 Å². The van der Waals surface area contributed by atoms with Crippen molar-refractivity contribution in [2.45, 2.75) is 13.3 Å². The Hall–Kier alpha value is -3.78. The predicted octanol–water partition coefficient (Wildman–Crippen LogP) is 5.95. The van der Waals surface area contributed by atoms with Crippen molar-refractivity contribution in [2.24, 2.45) is 9.98 Å². The number of hydrogen-bond donors (Lipinski definition) is 1. The highest BCUT2D eigenvalue weighted by atomic mass is 32.2. The second kappa shape index (κ2) is 11.1. The van der Waals surface area contributed by atoms with E-state index < -0.39 is 0 Å². The summed E-state index contributed by atoms with van der Waals surface area (Å²) in [6.45, 7) is 2.06. The lowest BCUT2D eigenvalue weighted by atomic mass is 10.1. The Kier molecular flexibility index (Phi) is 7.72. The summed E-state index contributed by atoms with van der Waals surface area (Å²) in [5, 5.41) is 3.73. The van der Waals surface area contributed by atoms with Gasteiger partial charge in [-0.2, -0.15) is 0 Å². The van der Waals surface area contributed by atoms with Gasteiger partial charge >= 0.3 is 0 Å². The highest BCUT2D eigenvalue weighted by Gasteiger charge is 2.18. The van der Waals surface area contributed by atoms with Crippen molar-refractivity contribution in [1.29, 1.82) is 0 Å². The van der Waals surface area contributed by atoms with Gasteiger partial charge in [-0.1, -0.05) is 42.0 Å². The molecular weight excluding hydrogens is 462 g/mol. The average Bonchev–Trinajstić information content (AvgIpc) is 3.06. The zero-order valence-corrected chi connectivity index (χ0v) is 20.9. The molecule has 0 radical (unpaired) electrons. The van der Waals surface area contributed by atoms with Gasteiger partial charge in [-0.3, -0.25) is 9.79 Å². The summed E-state index contributed by atoms with van der Waals surface area (Å²) in [7, 11) is 4.61. The molecule has 1 N–H and O–H groups in total. The van der Waals surface area contributed by atoms with E-state index >= 15 is 0 Å². The number of fused-ring (bicyclic) bond motifs is 1. The molecule has 4 rings (SSSR count). The van der Waals surface area contributed by atoms with Gasteiger partial charge in [0.2, 0.25) is 11.7 Å². The van der Waals surface area contributed by atoms with Gasteiger partial charge in [0, 0.05) is 24.2 Å². The third-order valence-corrected chi connectivity index (χ3v) is 6.38. The van der Waals surface area contributed by atoms with Crippen LogP contribution in [0.3, 0.4) is 0 Å². The van der Waals surface area contributed by atoms with Crippen LogP contribution < -0.4 is 19.5 Å². The van der Waals surface area contributed by atoms with Gasteiger partial charge in [0.15, 0.2) is 11.5 Å². The van der Waals surface area contributed by atoms with Crippen molar-refractivity contribution in [2.75, 3.05) is 32.4 Å². The SMILES string of the molecule is COc1cc(NC(=O)CSC2=Nc3ccccc3N=C(c3ccc(C)cc3)C2)cc(OC)c1OC. The molecular formula is C27H27N3O4S. The number of amides is 1. The number of aryl methyl sites for hydroxylation is 1. The average molecular weight is 490 g/mol. The van der Waals surface area contributed by atoms with Gasteiger partial charge in [0.1, 0.15) is 0 Å². The van der Waals surface area contributed by atoms with Crippen LogP contribution in [-0.4, -0.2) is 43.7 Å². The minimum absolute atomic E-state index is 0.168. The number of anilines is 1. The second-order valence-electron chi connectivity index (χ2n) is 7.85. The van der Waals surface area contributed by atoms with Crippen LogP contribution in [0.25, 0.3) is 0 Å². The minimum atomic E-state index is -0.168. The van der Waals surface area contributed by atoms with E-state index in [9.17, 15) is 4.79 Å².